The van der Waals surface area contributed by atoms with E-state index in [1.54, 1.807) is 6.20 Å². The average Bonchev–Trinajstić information content (AvgIpc) is 2.25. The van der Waals surface area contributed by atoms with Crippen LogP contribution in [0.1, 0.15) is 6.42 Å². The third kappa shape index (κ3) is 4.46. The summed E-state index contributed by atoms with van der Waals surface area (Å²) in [6.45, 7) is 5.72. The monoisotopic (exact) mass is 207 g/mol. The highest BCUT2D eigenvalue weighted by molar-refractivity contribution is 5.60. The molecule has 0 saturated carbocycles. The van der Waals surface area contributed by atoms with E-state index in [1.165, 1.54) is 0 Å². The van der Waals surface area contributed by atoms with Gasteiger partial charge in [-0.2, -0.15) is 0 Å². The third-order valence-electron chi connectivity index (χ3n) is 1.87. The predicted molar refractivity (Wildman–Crippen MR) is 62.8 cm³/mol. The van der Waals surface area contributed by atoms with E-state index < -0.39 is 0 Å². The standard InChI is InChI=1S/C11H17N3O/c1-2-3-8-15-9-7-13-10-5-4-6-14-11(10)12/h2,4-6,13H,1,3,7-9H2,(H2,12,14). The number of nitrogen functional groups attached to an aromatic ring is 1. The molecule has 0 aliphatic heterocycles. The molecule has 0 aromatic carbocycles. The first-order chi connectivity index (χ1) is 7.34. The largest absolute Gasteiger partial charge is 0.382 e. The molecule has 1 heterocycles. The molecule has 0 bridgehead atoms. The Morgan fingerprint density at radius 1 is 1.53 bits per heavy atom. The Balaban J connectivity index is 2.15. The van der Waals surface area contributed by atoms with Gasteiger partial charge in [0, 0.05) is 12.7 Å². The summed E-state index contributed by atoms with van der Waals surface area (Å²) in [5, 5.41) is 3.15. The molecule has 4 heteroatoms. The number of nitrogens with zero attached hydrogens (tertiary/aromatic N) is 1. The minimum Gasteiger partial charge on any atom is -0.382 e. The van der Waals surface area contributed by atoms with Gasteiger partial charge in [0.05, 0.1) is 18.9 Å². The van der Waals surface area contributed by atoms with Crippen molar-refractivity contribution in [2.45, 2.75) is 6.42 Å². The van der Waals surface area contributed by atoms with Gasteiger partial charge in [0.1, 0.15) is 5.82 Å². The highest BCUT2D eigenvalue weighted by atomic mass is 16.5. The number of nitrogens with one attached hydrogen (secondary N) is 1. The molecular weight excluding hydrogens is 190 g/mol. The van der Waals surface area contributed by atoms with Crippen molar-refractivity contribution in [1.82, 2.24) is 4.98 Å². The molecule has 0 saturated heterocycles. The third-order valence-corrected chi connectivity index (χ3v) is 1.87. The summed E-state index contributed by atoms with van der Waals surface area (Å²) in [5.41, 5.74) is 6.51. The second-order valence-electron chi connectivity index (χ2n) is 3.05. The van der Waals surface area contributed by atoms with Gasteiger partial charge in [-0.3, -0.25) is 0 Å². The lowest BCUT2D eigenvalue weighted by molar-refractivity contribution is 0.149. The Morgan fingerprint density at radius 3 is 3.13 bits per heavy atom. The molecule has 0 aliphatic rings. The van der Waals surface area contributed by atoms with Crippen molar-refractivity contribution in [3.63, 3.8) is 0 Å². The van der Waals surface area contributed by atoms with Crippen LogP contribution in [0.3, 0.4) is 0 Å². The maximum atomic E-state index is 5.66. The first-order valence-corrected chi connectivity index (χ1v) is 4.97. The molecule has 0 spiro atoms. The van der Waals surface area contributed by atoms with Gasteiger partial charge >= 0.3 is 0 Å². The van der Waals surface area contributed by atoms with Crippen LogP contribution in [-0.4, -0.2) is 24.7 Å². The van der Waals surface area contributed by atoms with E-state index in [-0.39, 0.29) is 0 Å². The molecule has 15 heavy (non-hydrogen) atoms. The maximum absolute atomic E-state index is 5.66. The number of pyridine rings is 1. The summed E-state index contributed by atoms with van der Waals surface area (Å²) in [5.74, 6) is 0.517. The van der Waals surface area contributed by atoms with Gasteiger partial charge in [0.2, 0.25) is 0 Å². The van der Waals surface area contributed by atoms with Crippen LogP contribution in [0.25, 0.3) is 0 Å². The van der Waals surface area contributed by atoms with Crippen molar-refractivity contribution in [1.29, 1.82) is 0 Å². The van der Waals surface area contributed by atoms with Crippen LogP contribution in [0, 0.1) is 0 Å². The summed E-state index contributed by atoms with van der Waals surface area (Å²) in [6, 6.07) is 3.74. The first kappa shape index (κ1) is 11.5. The Kier molecular flexibility index (Phi) is 5.25. The lowest BCUT2D eigenvalue weighted by Crippen LogP contribution is -2.11. The molecule has 82 valence electrons. The zero-order valence-electron chi connectivity index (χ0n) is 8.78. The summed E-state index contributed by atoms with van der Waals surface area (Å²) < 4.78 is 5.34. The molecule has 0 radical (unpaired) electrons. The molecule has 1 rings (SSSR count). The fourth-order valence-electron chi connectivity index (χ4n) is 1.09. The van der Waals surface area contributed by atoms with E-state index in [0.29, 0.717) is 19.0 Å². The molecular formula is C11H17N3O. The Labute approximate surface area is 90.2 Å². The molecule has 0 amide bonds. The van der Waals surface area contributed by atoms with Gasteiger partial charge in [-0.05, 0) is 18.6 Å². The van der Waals surface area contributed by atoms with Crippen molar-refractivity contribution in [3.05, 3.63) is 31.0 Å². The molecule has 0 fully saturated rings. The second kappa shape index (κ2) is 6.84. The maximum Gasteiger partial charge on any atom is 0.146 e. The van der Waals surface area contributed by atoms with E-state index >= 15 is 0 Å². The van der Waals surface area contributed by atoms with E-state index in [4.69, 9.17) is 10.5 Å². The first-order valence-electron chi connectivity index (χ1n) is 4.97. The lowest BCUT2D eigenvalue weighted by atomic mass is 10.4. The topological polar surface area (TPSA) is 60.2 Å². The van der Waals surface area contributed by atoms with Crippen LogP contribution in [0.2, 0.25) is 0 Å². The Morgan fingerprint density at radius 2 is 2.40 bits per heavy atom. The van der Waals surface area contributed by atoms with Crippen molar-refractivity contribution in [3.8, 4) is 0 Å². The fraction of sp³-hybridized carbons (Fsp3) is 0.364. The smallest absolute Gasteiger partial charge is 0.146 e. The summed E-state index contributed by atoms with van der Waals surface area (Å²) in [6.07, 6.45) is 4.39. The minimum atomic E-state index is 0.517. The van der Waals surface area contributed by atoms with E-state index in [2.05, 4.69) is 16.9 Å². The quantitative estimate of drug-likeness (QED) is 0.527. The van der Waals surface area contributed by atoms with Crippen LogP contribution in [0.15, 0.2) is 31.0 Å². The average molecular weight is 207 g/mol. The number of rotatable bonds is 7. The predicted octanol–water partition coefficient (Wildman–Crippen LogP) is 1.67. The molecule has 0 atom stereocenters. The minimum absolute atomic E-state index is 0.517. The highest BCUT2D eigenvalue weighted by Crippen LogP contribution is 2.12. The number of hydrogen-bond acceptors (Lipinski definition) is 4. The SMILES string of the molecule is C=CCCOCCNc1cccnc1N. The van der Waals surface area contributed by atoms with Gasteiger partial charge in [0.15, 0.2) is 0 Å². The number of hydrogen-bond donors (Lipinski definition) is 2. The number of anilines is 2. The van der Waals surface area contributed by atoms with E-state index in [0.717, 1.165) is 18.7 Å². The molecule has 0 aliphatic carbocycles. The van der Waals surface area contributed by atoms with Crippen molar-refractivity contribution in [2.75, 3.05) is 30.8 Å². The van der Waals surface area contributed by atoms with Gasteiger partial charge in [-0.15, -0.1) is 6.58 Å². The normalized spacial score (nSPS) is 9.87. The van der Waals surface area contributed by atoms with Crippen molar-refractivity contribution >= 4 is 11.5 Å². The molecule has 0 unspecified atom stereocenters. The zero-order valence-corrected chi connectivity index (χ0v) is 8.78. The molecule has 3 N–H and O–H groups in total. The second-order valence-corrected chi connectivity index (χ2v) is 3.05. The fourth-order valence-corrected chi connectivity index (χ4v) is 1.09. The van der Waals surface area contributed by atoms with Gasteiger partial charge < -0.3 is 15.8 Å². The summed E-state index contributed by atoms with van der Waals surface area (Å²) >= 11 is 0. The van der Waals surface area contributed by atoms with Gasteiger partial charge in [0.25, 0.3) is 0 Å². The van der Waals surface area contributed by atoms with Crippen LogP contribution >= 0.6 is 0 Å². The van der Waals surface area contributed by atoms with Gasteiger partial charge in [-0.25, -0.2) is 4.98 Å². The number of aromatic nitrogens is 1. The summed E-state index contributed by atoms with van der Waals surface area (Å²) in [7, 11) is 0. The molecule has 4 nitrogen and oxygen atoms in total. The number of nitrogens with two attached hydrogens (primary N) is 1. The molecule has 1 aromatic rings. The zero-order chi connectivity index (χ0) is 10.9. The van der Waals surface area contributed by atoms with Crippen molar-refractivity contribution in [2.24, 2.45) is 0 Å². The summed E-state index contributed by atoms with van der Waals surface area (Å²) in [4.78, 5) is 3.97. The van der Waals surface area contributed by atoms with Crippen LogP contribution in [0.5, 0.6) is 0 Å². The Hall–Kier alpha value is -1.55. The number of ether oxygens (including phenoxy) is 1. The van der Waals surface area contributed by atoms with E-state index in [1.807, 2.05) is 18.2 Å². The highest BCUT2D eigenvalue weighted by Gasteiger charge is 1.96. The van der Waals surface area contributed by atoms with Crippen molar-refractivity contribution < 1.29 is 4.74 Å². The lowest BCUT2D eigenvalue weighted by Gasteiger charge is -2.08. The van der Waals surface area contributed by atoms with Crippen LogP contribution < -0.4 is 11.1 Å². The van der Waals surface area contributed by atoms with Crippen LogP contribution in [-0.2, 0) is 4.74 Å². The Bertz CT molecular complexity index is 302. The van der Waals surface area contributed by atoms with Gasteiger partial charge in [-0.1, -0.05) is 6.08 Å². The van der Waals surface area contributed by atoms with E-state index in [9.17, 15) is 0 Å². The van der Waals surface area contributed by atoms with Crippen LogP contribution in [0.4, 0.5) is 11.5 Å². The molecule has 1 aromatic heterocycles.